The van der Waals surface area contributed by atoms with E-state index < -0.39 is 5.82 Å². The number of rotatable bonds is 9. The van der Waals surface area contributed by atoms with E-state index in [4.69, 9.17) is 27.1 Å². The van der Waals surface area contributed by atoms with Crippen molar-refractivity contribution in [3.05, 3.63) is 54.0 Å². The maximum absolute atomic E-state index is 16.7. The molecule has 45 heavy (non-hydrogen) atoms. The van der Waals surface area contributed by atoms with Crippen molar-refractivity contribution in [1.29, 1.82) is 0 Å². The third kappa shape index (κ3) is 5.63. The molecule has 0 spiro atoms. The van der Waals surface area contributed by atoms with Crippen molar-refractivity contribution in [2.24, 2.45) is 0 Å². The van der Waals surface area contributed by atoms with Gasteiger partial charge in [0.15, 0.2) is 5.82 Å². The zero-order chi connectivity index (χ0) is 31.9. The fourth-order valence-electron chi connectivity index (χ4n) is 6.85. The van der Waals surface area contributed by atoms with Crippen LogP contribution in [0.3, 0.4) is 0 Å². The summed E-state index contributed by atoms with van der Waals surface area (Å²) < 4.78 is 23.1. The summed E-state index contributed by atoms with van der Waals surface area (Å²) >= 11 is 6.58. The number of nitrogen functional groups attached to an aromatic ring is 1. The van der Waals surface area contributed by atoms with Crippen molar-refractivity contribution in [2.45, 2.75) is 50.6 Å². The summed E-state index contributed by atoms with van der Waals surface area (Å²) in [5, 5.41) is 2.09. The highest BCUT2D eigenvalue weighted by atomic mass is 35.5. The number of nitrogens with two attached hydrogens (primary N) is 1. The molecule has 2 fully saturated rings. The van der Waals surface area contributed by atoms with Crippen LogP contribution in [-0.2, 0) is 4.79 Å². The number of aromatic nitrogens is 4. The van der Waals surface area contributed by atoms with Crippen LogP contribution in [0.2, 0.25) is 5.02 Å². The normalized spacial score (nSPS) is 20.3. The number of halogens is 2. The molecule has 0 aliphatic carbocycles. The van der Waals surface area contributed by atoms with Crippen molar-refractivity contribution in [3.63, 3.8) is 0 Å². The Labute approximate surface area is 267 Å². The van der Waals surface area contributed by atoms with Crippen LogP contribution in [-0.4, -0.2) is 87.6 Å². The highest BCUT2D eigenvalue weighted by molar-refractivity contribution is 6.36. The molecule has 2 N–H and O–H groups in total. The maximum Gasteiger partial charge on any atom is 0.319 e. The first-order chi connectivity index (χ1) is 21.7. The molecule has 2 unspecified atom stereocenters. The van der Waals surface area contributed by atoms with E-state index in [1.807, 2.05) is 18.0 Å². The summed E-state index contributed by atoms with van der Waals surface area (Å²) in [5.41, 5.74) is 6.25. The van der Waals surface area contributed by atoms with Gasteiger partial charge in [-0.25, -0.2) is 9.37 Å². The van der Waals surface area contributed by atoms with Gasteiger partial charge < -0.3 is 20.3 Å². The molecule has 2 atom stereocenters. The number of pyridine rings is 2. The standard InChI is InChI=1S/C33H38ClFN8O2/c1-5-12-33(13-8-14-41(33)3)19-45-32-39-28-22(31(40-32)42(4)21-11-15-43(18-21)25(44)6-2)17-37-30(27(28)35)29-26-20(16-24(36)38-29)9-7-10-23(26)34/h6-7,9-10,16-17,21H,2,5,8,11-15,18-19H2,1,3-4H3,(H2,36,38). The zero-order valence-electron chi connectivity index (χ0n) is 25.9. The van der Waals surface area contributed by atoms with Gasteiger partial charge in [0.05, 0.1) is 15.9 Å². The van der Waals surface area contributed by atoms with Gasteiger partial charge >= 0.3 is 6.01 Å². The number of nitrogens with zero attached hydrogens (tertiary/aromatic N) is 7. The van der Waals surface area contributed by atoms with E-state index in [1.54, 1.807) is 29.3 Å². The number of anilines is 2. The van der Waals surface area contributed by atoms with Crippen molar-refractivity contribution in [1.82, 2.24) is 29.7 Å². The van der Waals surface area contributed by atoms with E-state index in [9.17, 15) is 4.79 Å². The Balaban J connectivity index is 1.47. The average Bonchev–Trinajstić information content (AvgIpc) is 3.66. The number of benzene rings is 1. The van der Waals surface area contributed by atoms with E-state index in [0.717, 1.165) is 37.6 Å². The molecule has 0 saturated carbocycles. The van der Waals surface area contributed by atoms with Crippen LogP contribution in [0.15, 0.2) is 43.1 Å². The highest BCUT2D eigenvalue weighted by Crippen LogP contribution is 2.38. The van der Waals surface area contributed by atoms with Gasteiger partial charge in [-0.15, -0.1) is 0 Å². The minimum atomic E-state index is -0.676. The summed E-state index contributed by atoms with van der Waals surface area (Å²) in [7, 11) is 4.01. The highest BCUT2D eigenvalue weighted by Gasteiger charge is 2.39. The summed E-state index contributed by atoms with van der Waals surface area (Å²) in [6, 6.07) is 7.08. The Bertz CT molecular complexity index is 1790. The lowest BCUT2D eigenvalue weighted by atomic mass is 9.92. The van der Waals surface area contributed by atoms with Crippen LogP contribution in [0.5, 0.6) is 6.01 Å². The van der Waals surface area contributed by atoms with Gasteiger partial charge in [-0.2, -0.15) is 9.97 Å². The quantitative estimate of drug-likeness (QED) is 0.240. The first kappa shape index (κ1) is 30.9. The molecule has 3 aromatic heterocycles. The fourth-order valence-corrected chi connectivity index (χ4v) is 7.12. The van der Waals surface area contributed by atoms with E-state index in [-0.39, 0.29) is 46.2 Å². The predicted molar refractivity (Wildman–Crippen MR) is 176 cm³/mol. The molecule has 0 bridgehead atoms. The van der Waals surface area contributed by atoms with Crippen LogP contribution in [0.4, 0.5) is 16.0 Å². The first-order valence-electron chi connectivity index (χ1n) is 15.4. The molecule has 1 aromatic carbocycles. The van der Waals surface area contributed by atoms with E-state index in [1.165, 1.54) is 6.08 Å². The lowest BCUT2D eigenvalue weighted by Crippen LogP contribution is -2.46. The SMILES string of the molecule is C=CC(=O)N1CCC(N(C)c2nc(OCC3(CCC)CCCN3C)nc3c(F)c(-c4nc(N)cc5cccc(Cl)c45)ncc23)C1. The third-order valence-electron chi connectivity index (χ3n) is 9.36. The third-order valence-corrected chi connectivity index (χ3v) is 9.67. The number of amides is 1. The van der Waals surface area contributed by atoms with Gasteiger partial charge in [-0.3, -0.25) is 14.7 Å². The van der Waals surface area contributed by atoms with Crippen LogP contribution >= 0.6 is 11.6 Å². The average molecular weight is 633 g/mol. The van der Waals surface area contributed by atoms with Crippen molar-refractivity contribution in [2.75, 3.05) is 51.0 Å². The molecule has 5 heterocycles. The largest absolute Gasteiger partial charge is 0.461 e. The van der Waals surface area contributed by atoms with E-state index >= 15 is 4.39 Å². The van der Waals surface area contributed by atoms with Crippen molar-refractivity contribution >= 4 is 50.8 Å². The number of carbonyl (C=O) groups is 1. The lowest BCUT2D eigenvalue weighted by molar-refractivity contribution is -0.125. The summed E-state index contributed by atoms with van der Waals surface area (Å²) in [6.07, 6.45) is 7.66. The molecule has 4 aromatic rings. The Kier molecular flexibility index (Phi) is 8.49. The molecule has 0 radical (unpaired) electrons. The molecule has 1 amide bonds. The second-order valence-electron chi connectivity index (χ2n) is 12.1. The van der Waals surface area contributed by atoms with Crippen molar-refractivity contribution < 1.29 is 13.9 Å². The minimum absolute atomic E-state index is 0.0206. The Morgan fingerprint density at radius 3 is 2.84 bits per heavy atom. The minimum Gasteiger partial charge on any atom is -0.461 e. The number of hydrogen-bond donors (Lipinski definition) is 1. The molecule has 2 aliphatic rings. The van der Waals surface area contributed by atoms with Crippen molar-refractivity contribution in [3.8, 4) is 17.4 Å². The Hall–Kier alpha value is -4.09. The maximum atomic E-state index is 16.7. The second kappa shape index (κ2) is 12.4. The van der Waals surface area contributed by atoms with E-state index in [0.29, 0.717) is 47.7 Å². The number of carbonyl (C=O) groups excluding carboxylic acids is 1. The molecule has 10 nitrogen and oxygen atoms in total. The van der Waals surface area contributed by atoms with Crippen LogP contribution in [0.25, 0.3) is 33.1 Å². The van der Waals surface area contributed by atoms with Gasteiger partial charge in [0.25, 0.3) is 0 Å². The van der Waals surface area contributed by atoms with Gasteiger partial charge in [0, 0.05) is 37.8 Å². The molecule has 12 heteroatoms. The van der Waals surface area contributed by atoms with Gasteiger partial charge in [0.1, 0.15) is 35.1 Å². The lowest BCUT2D eigenvalue weighted by Gasteiger charge is -2.35. The molecule has 236 valence electrons. The van der Waals surface area contributed by atoms with Gasteiger partial charge in [0.2, 0.25) is 5.91 Å². The van der Waals surface area contributed by atoms with E-state index in [2.05, 4.69) is 40.4 Å². The fraction of sp³-hybridized carbons (Fsp3) is 0.424. The number of ether oxygens (including phenoxy) is 1. The predicted octanol–water partition coefficient (Wildman–Crippen LogP) is 5.48. The summed E-state index contributed by atoms with van der Waals surface area (Å²) in [6.45, 7) is 8.23. The molecular formula is C33H38ClFN8O2. The molecule has 2 saturated heterocycles. The number of fused-ring (bicyclic) bond motifs is 2. The summed E-state index contributed by atoms with van der Waals surface area (Å²) in [5.74, 6) is -0.110. The number of likely N-dealkylation sites (N-methyl/N-ethyl adjacent to an activating group) is 2. The van der Waals surface area contributed by atoms with Gasteiger partial charge in [-0.05, 0) is 62.9 Å². The molecule has 6 rings (SSSR count). The second-order valence-corrected chi connectivity index (χ2v) is 12.5. The smallest absolute Gasteiger partial charge is 0.319 e. The van der Waals surface area contributed by atoms with Crippen LogP contribution in [0.1, 0.15) is 39.0 Å². The zero-order valence-corrected chi connectivity index (χ0v) is 26.6. The Morgan fingerprint density at radius 1 is 1.29 bits per heavy atom. The molecular weight excluding hydrogens is 595 g/mol. The Morgan fingerprint density at radius 2 is 2.11 bits per heavy atom. The van der Waals surface area contributed by atoms with Gasteiger partial charge in [-0.1, -0.05) is 43.7 Å². The van der Waals surface area contributed by atoms with Crippen LogP contribution in [0, 0.1) is 5.82 Å². The molecule has 2 aliphatic heterocycles. The monoisotopic (exact) mass is 632 g/mol. The summed E-state index contributed by atoms with van der Waals surface area (Å²) in [4.78, 5) is 36.8. The van der Waals surface area contributed by atoms with Crippen LogP contribution < -0.4 is 15.4 Å². The number of likely N-dealkylation sites (tertiary alicyclic amines) is 2. The first-order valence-corrected chi connectivity index (χ1v) is 15.7. The number of hydrogen-bond acceptors (Lipinski definition) is 9. The topological polar surface area (TPSA) is 114 Å².